The molecule has 1 heterocycles. The molecule has 0 aliphatic carbocycles. The van der Waals surface area contributed by atoms with E-state index >= 15 is 0 Å². The Hall–Kier alpha value is -3.69. The molecule has 0 spiro atoms. The van der Waals surface area contributed by atoms with Gasteiger partial charge in [0.2, 0.25) is 0 Å². The molecule has 1 aromatic heterocycles. The molecule has 3 aromatic carbocycles. The van der Waals surface area contributed by atoms with Gasteiger partial charge < -0.3 is 4.57 Å². The number of carbonyl (C=O) groups excluding carboxylic acids is 1. The van der Waals surface area contributed by atoms with Gasteiger partial charge in [0.05, 0.1) is 16.8 Å². The van der Waals surface area contributed by atoms with E-state index in [1.165, 1.54) is 12.1 Å². The van der Waals surface area contributed by atoms with Gasteiger partial charge in [0.15, 0.2) is 0 Å². The number of carbonyl (C=O) groups is 1. The molecule has 0 saturated carbocycles. The first kappa shape index (κ1) is 27.3. The molecular formula is C29H29BrN4O3S. The summed E-state index contributed by atoms with van der Waals surface area (Å²) in [6.45, 7) is 7.49. The fourth-order valence-electron chi connectivity index (χ4n) is 4.21. The van der Waals surface area contributed by atoms with Crippen LogP contribution in [-0.4, -0.2) is 31.7 Å². The van der Waals surface area contributed by atoms with Crippen LogP contribution in [0.3, 0.4) is 0 Å². The van der Waals surface area contributed by atoms with Gasteiger partial charge >= 0.3 is 0 Å². The summed E-state index contributed by atoms with van der Waals surface area (Å²) >= 11 is 3.38. The topological polar surface area (TPSA) is 83.8 Å². The van der Waals surface area contributed by atoms with E-state index in [4.69, 9.17) is 0 Å². The van der Waals surface area contributed by atoms with Crippen LogP contribution in [0.1, 0.15) is 28.1 Å². The Morgan fingerprint density at radius 1 is 0.947 bits per heavy atom. The highest BCUT2D eigenvalue weighted by molar-refractivity contribution is 9.10. The van der Waals surface area contributed by atoms with Crippen molar-refractivity contribution in [3.05, 3.63) is 111 Å². The second kappa shape index (κ2) is 11.4. The van der Waals surface area contributed by atoms with Crippen molar-refractivity contribution in [2.75, 3.05) is 10.8 Å². The maximum absolute atomic E-state index is 13.5. The van der Waals surface area contributed by atoms with E-state index in [9.17, 15) is 13.2 Å². The maximum atomic E-state index is 13.5. The first-order valence-corrected chi connectivity index (χ1v) is 14.2. The molecule has 7 nitrogen and oxygen atoms in total. The van der Waals surface area contributed by atoms with E-state index in [0.717, 1.165) is 38.1 Å². The first-order valence-electron chi connectivity index (χ1n) is 12.0. The lowest BCUT2D eigenvalue weighted by molar-refractivity contribution is -0.119. The fraction of sp³-hybridized carbons (Fsp3) is 0.172. The van der Waals surface area contributed by atoms with Crippen LogP contribution in [0.2, 0.25) is 0 Å². The minimum atomic E-state index is -4.01. The monoisotopic (exact) mass is 592 g/mol. The molecule has 0 radical (unpaired) electrons. The number of rotatable bonds is 8. The van der Waals surface area contributed by atoms with Crippen molar-refractivity contribution in [2.45, 2.75) is 32.6 Å². The van der Waals surface area contributed by atoms with E-state index < -0.39 is 22.5 Å². The van der Waals surface area contributed by atoms with Crippen molar-refractivity contribution < 1.29 is 13.2 Å². The molecule has 38 heavy (non-hydrogen) atoms. The first-order chi connectivity index (χ1) is 18.1. The number of hydrogen-bond donors (Lipinski definition) is 1. The van der Waals surface area contributed by atoms with Gasteiger partial charge in [-0.1, -0.05) is 51.8 Å². The van der Waals surface area contributed by atoms with Crippen molar-refractivity contribution in [2.24, 2.45) is 5.10 Å². The average Bonchev–Trinajstić information content (AvgIpc) is 3.15. The predicted octanol–water partition coefficient (Wildman–Crippen LogP) is 5.82. The Labute approximate surface area is 232 Å². The molecule has 0 aliphatic rings. The van der Waals surface area contributed by atoms with Gasteiger partial charge in [-0.2, -0.15) is 5.10 Å². The zero-order chi connectivity index (χ0) is 27.4. The van der Waals surface area contributed by atoms with Crippen LogP contribution in [0.15, 0.2) is 93.3 Å². The minimum absolute atomic E-state index is 0.1000. The summed E-state index contributed by atoms with van der Waals surface area (Å²) in [5.41, 5.74) is 8.85. The number of anilines is 1. The Morgan fingerprint density at radius 2 is 1.66 bits per heavy atom. The molecule has 0 unspecified atom stereocenters. The molecule has 0 bridgehead atoms. The summed E-state index contributed by atoms with van der Waals surface area (Å²) in [6.07, 6.45) is 1.57. The summed E-state index contributed by atoms with van der Waals surface area (Å²) in [4.78, 5) is 13.0. The number of benzene rings is 3. The fourth-order valence-corrected chi connectivity index (χ4v) is 6.01. The quantitative estimate of drug-likeness (QED) is 0.207. The van der Waals surface area contributed by atoms with Crippen molar-refractivity contribution >= 4 is 43.8 Å². The maximum Gasteiger partial charge on any atom is 0.264 e. The van der Waals surface area contributed by atoms with Gasteiger partial charge in [0, 0.05) is 27.1 Å². The molecule has 196 valence electrons. The summed E-state index contributed by atoms with van der Waals surface area (Å²) < 4.78 is 30.9. The van der Waals surface area contributed by atoms with Gasteiger partial charge in [-0.05, 0) is 81.8 Å². The molecular weight excluding hydrogens is 564 g/mol. The highest BCUT2D eigenvalue weighted by Crippen LogP contribution is 2.26. The average molecular weight is 594 g/mol. The smallest absolute Gasteiger partial charge is 0.264 e. The molecule has 0 aliphatic heterocycles. The lowest BCUT2D eigenvalue weighted by Gasteiger charge is -2.24. The SMILES string of the molecule is Cc1ccc(S(=O)(=O)N(CC(=O)N/N=C\c2cc(C)n(-c3cccc(C)c3)c2C)c2cccc(Br)c2)cc1. The number of halogens is 1. The molecule has 0 saturated heterocycles. The molecule has 9 heteroatoms. The molecule has 1 N–H and O–H groups in total. The minimum Gasteiger partial charge on any atom is -0.318 e. The molecule has 4 rings (SSSR count). The third kappa shape index (κ3) is 6.06. The zero-order valence-corrected chi connectivity index (χ0v) is 24.0. The third-order valence-corrected chi connectivity index (χ3v) is 8.40. The van der Waals surface area contributed by atoms with Crippen LogP contribution in [0.4, 0.5) is 5.69 Å². The van der Waals surface area contributed by atoms with Crippen LogP contribution in [0.5, 0.6) is 0 Å². The lowest BCUT2D eigenvalue weighted by atomic mass is 10.2. The van der Waals surface area contributed by atoms with Gasteiger partial charge in [-0.25, -0.2) is 13.8 Å². The van der Waals surface area contributed by atoms with E-state index in [0.29, 0.717) is 10.2 Å². The van der Waals surface area contributed by atoms with E-state index in [-0.39, 0.29) is 4.90 Å². The molecule has 0 atom stereocenters. The number of sulfonamides is 1. The van der Waals surface area contributed by atoms with Crippen LogP contribution >= 0.6 is 15.9 Å². The number of nitrogens with zero attached hydrogens (tertiary/aromatic N) is 3. The Bertz CT molecular complexity index is 1610. The van der Waals surface area contributed by atoms with Crippen molar-refractivity contribution in [3.63, 3.8) is 0 Å². The number of hydrazone groups is 1. The largest absolute Gasteiger partial charge is 0.318 e. The highest BCUT2D eigenvalue weighted by atomic mass is 79.9. The van der Waals surface area contributed by atoms with Crippen molar-refractivity contribution in [1.82, 2.24) is 9.99 Å². The van der Waals surface area contributed by atoms with E-state index in [1.807, 2.05) is 52.0 Å². The number of aromatic nitrogens is 1. The van der Waals surface area contributed by atoms with E-state index in [2.05, 4.69) is 37.1 Å². The summed E-state index contributed by atoms with van der Waals surface area (Å²) in [5, 5.41) is 4.13. The van der Waals surface area contributed by atoms with Gasteiger partial charge in [-0.15, -0.1) is 0 Å². The van der Waals surface area contributed by atoms with Crippen molar-refractivity contribution in [1.29, 1.82) is 0 Å². The second-order valence-electron chi connectivity index (χ2n) is 9.10. The summed E-state index contributed by atoms with van der Waals surface area (Å²) in [7, 11) is -4.01. The third-order valence-electron chi connectivity index (χ3n) is 6.12. The predicted molar refractivity (Wildman–Crippen MR) is 156 cm³/mol. The Balaban J connectivity index is 1.56. The summed E-state index contributed by atoms with van der Waals surface area (Å²) in [5.74, 6) is -0.565. The zero-order valence-electron chi connectivity index (χ0n) is 21.6. The number of aryl methyl sites for hydroxylation is 3. The van der Waals surface area contributed by atoms with Crippen molar-refractivity contribution in [3.8, 4) is 5.69 Å². The number of nitrogens with one attached hydrogen (secondary N) is 1. The molecule has 0 fully saturated rings. The summed E-state index contributed by atoms with van der Waals surface area (Å²) in [6, 6.07) is 23.5. The van der Waals surface area contributed by atoms with E-state index in [1.54, 1.807) is 42.6 Å². The van der Waals surface area contributed by atoms with Crippen LogP contribution in [0.25, 0.3) is 5.69 Å². The Morgan fingerprint density at radius 3 is 2.34 bits per heavy atom. The standard InChI is InChI=1S/C29H29BrN4O3S/c1-20-11-13-28(14-12-20)38(36,37)33(26-9-6-8-25(30)17-26)19-29(35)32-31-18-24-16-22(3)34(23(24)4)27-10-5-7-21(2)15-27/h5-18H,19H2,1-4H3,(H,32,35)/b31-18-. The molecule has 4 aromatic rings. The Kier molecular flexibility index (Phi) is 8.18. The lowest BCUT2D eigenvalue weighted by Crippen LogP contribution is -2.39. The van der Waals surface area contributed by atoms with Crippen LogP contribution in [0, 0.1) is 27.7 Å². The van der Waals surface area contributed by atoms with Crippen LogP contribution < -0.4 is 9.73 Å². The molecule has 1 amide bonds. The van der Waals surface area contributed by atoms with Crippen LogP contribution in [-0.2, 0) is 14.8 Å². The highest BCUT2D eigenvalue weighted by Gasteiger charge is 2.27. The van der Waals surface area contributed by atoms with Gasteiger partial charge in [-0.3, -0.25) is 9.10 Å². The van der Waals surface area contributed by atoms with Gasteiger partial charge in [0.25, 0.3) is 15.9 Å². The normalized spacial score (nSPS) is 11.6. The number of hydrogen-bond acceptors (Lipinski definition) is 4. The number of amides is 1. The van der Waals surface area contributed by atoms with Gasteiger partial charge in [0.1, 0.15) is 6.54 Å². The second-order valence-corrected chi connectivity index (χ2v) is 11.9.